The Bertz CT molecular complexity index is 615. The molecule has 2 aliphatic rings. The van der Waals surface area contributed by atoms with Crippen LogP contribution in [-0.2, 0) is 4.79 Å². The van der Waals surface area contributed by atoms with Gasteiger partial charge in [0.05, 0.1) is 11.3 Å². The second-order valence-electron chi connectivity index (χ2n) is 6.89. The second-order valence-corrected chi connectivity index (χ2v) is 6.89. The number of nitrogens with zero attached hydrogens (tertiary/aromatic N) is 3. The van der Waals surface area contributed by atoms with Gasteiger partial charge >= 0.3 is 0 Å². The first kappa shape index (κ1) is 16.9. The Morgan fingerprint density at radius 2 is 1.75 bits per heavy atom. The van der Waals surface area contributed by atoms with Gasteiger partial charge in [0.2, 0.25) is 5.91 Å². The van der Waals surface area contributed by atoms with Crippen LogP contribution in [0.4, 0.5) is 0 Å². The maximum absolute atomic E-state index is 12.9. The Labute approximate surface area is 144 Å². The zero-order valence-electron chi connectivity index (χ0n) is 14.8. The van der Waals surface area contributed by atoms with Crippen LogP contribution in [0, 0.1) is 6.92 Å². The number of carbonyl (C=O) groups is 2. The molecule has 0 atom stereocenters. The molecule has 0 radical (unpaired) electrons. The van der Waals surface area contributed by atoms with Crippen LogP contribution in [0.25, 0.3) is 0 Å². The molecule has 2 fully saturated rings. The molecule has 1 aromatic rings. The molecule has 0 spiro atoms. The highest BCUT2D eigenvalue weighted by Gasteiger charge is 2.29. The SMILES string of the molecule is CCC(=O)N1CCC(c2nc(C)ccc2C(=O)N2CCCC2)CC1. The summed E-state index contributed by atoms with van der Waals surface area (Å²) < 4.78 is 0. The summed E-state index contributed by atoms with van der Waals surface area (Å²) in [6.07, 6.45) is 4.53. The molecule has 130 valence electrons. The van der Waals surface area contributed by atoms with E-state index in [-0.39, 0.29) is 17.7 Å². The fourth-order valence-corrected chi connectivity index (χ4v) is 3.79. The molecule has 5 nitrogen and oxygen atoms in total. The van der Waals surface area contributed by atoms with Crippen molar-refractivity contribution in [1.29, 1.82) is 0 Å². The number of piperidine rings is 1. The van der Waals surface area contributed by atoms with Gasteiger partial charge < -0.3 is 9.80 Å². The van der Waals surface area contributed by atoms with E-state index in [1.54, 1.807) is 0 Å². The van der Waals surface area contributed by atoms with Crippen LogP contribution in [0.3, 0.4) is 0 Å². The van der Waals surface area contributed by atoms with Gasteiger partial charge in [-0.2, -0.15) is 0 Å². The number of amides is 2. The normalized spacial score (nSPS) is 18.9. The highest BCUT2D eigenvalue weighted by Crippen LogP contribution is 2.30. The molecule has 1 aromatic heterocycles. The van der Waals surface area contributed by atoms with E-state index < -0.39 is 0 Å². The van der Waals surface area contributed by atoms with E-state index in [4.69, 9.17) is 4.98 Å². The Morgan fingerprint density at radius 1 is 1.08 bits per heavy atom. The van der Waals surface area contributed by atoms with Crippen molar-refractivity contribution in [3.63, 3.8) is 0 Å². The molecule has 24 heavy (non-hydrogen) atoms. The van der Waals surface area contributed by atoms with Gasteiger partial charge in [0.25, 0.3) is 5.91 Å². The average molecular weight is 329 g/mol. The van der Waals surface area contributed by atoms with Gasteiger partial charge in [-0.3, -0.25) is 14.6 Å². The first-order valence-corrected chi connectivity index (χ1v) is 9.14. The van der Waals surface area contributed by atoms with Gasteiger partial charge in [-0.05, 0) is 44.7 Å². The van der Waals surface area contributed by atoms with E-state index in [2.05, 4.69) is 0 Å². The minimum absolute atomic E-state index is 0.127. The summed E-state index contributed by atoms with van der Waals surface area (Å²) in [5, 5.41) is 0. The number of carbonyl (C=O) groups excluding carboxylic acids is 2. The standard InChI is InChI=1S/C19H27N3O2/c1-3-17(23)21-12-8-15(9-13-21)18-16(7-6-14(2)20-18)19(24)22-10-4-5-11-22/h6-7,15H,3-5,8-13H2,1-2H3. The predicted octanol–water partition coefficient (Wildman–Crippen LogP) is 2.74. The molecule has 2 saturated heterocycles. The summed E-state index contributed by atoms with van der Waals surface area (Å²) in [6.45, 7) is 7.13. The van der Waals surface area contributed by atoms with Crippen LogP contribution < -0.4 is 0 Å². The van der Waals surface area contributed by atoms with Gasteiger partial charge in [-0.1, -0.05) is 6.92 Å². The smallest absolute Gasteiger partial charge is 0.255 e. The minimum Gasteiger partial charge on any atom is -0.343 e. The molecule has 3 rings (SSSR count). The number of aromatic nitrogens is 1. The summed E-state index contributed by atoms with van der Waals surface area (Å²) in [5.74, 6) is 0.619. The van der Waals surface area contributed by atoms with Crippen molar-refractivity contribution in [2.75, 3.05) is 26.2 Å². The van der Waals surface area contributed by atoms with E-state index >= 15 is 0 Å². The molecule has 3 heterocycles. The average Bonchev–Trinajstić information content (AvgIpc) is 3.15. The van der Waals surface area contributed by atoms with Gasteiger partial charge in [-0.15, -0.1) is 0 Å². The van der Waals surface area contributed by atoms with Gasteiger partial charge in [0.1, 0.15) is 0 Å². The third-order valence-corrected chi connectivity index (χ3v) is 5.22. The Kier molecular flexibility index (Phi) is 5.17. The molecule has 2 aliphatic heterocycles. The van der Waals surface area contributed by atoms with Crippen LogP contribution in [0.2, 0.25) is 0 Å². The lowest BCUT2D eigenvalue weighted by molar-refractivity contribution is -0.131. The largest absolute Gasteiger partial charge is 0.343 e. The van der Waals surface area contributed by atoms with Crippen LogP contribution in [-0.4, -0.2) is 52.8 Å². The summed E-state index contributed by atoms with van der Waals surface area (Å²) in [7, 11) is 0. The summed E-state index contributed by atoms with van der Waals surface area (Å²) in [5.41, 5.74) is 2.66. The van der Waals surface area contributed by atoms with Crippen LogP contribution >= 0.6 is 0 Å². The van der Waals surface area contributed by atoms with Crippen LogP contribution in [0.5, 0.6) is 0 Å². The van der Waals surface area contributed by atoms with E-state index in [0.717, 1.165) is 68.8 Å². The van der Waals surface area contributed by atoms with E-state index in [9.17, 15) is 9.59 Å². The number of rotatable bonds is 3. The van der Waals surface area contributed by atoms with Crippen molar-refractivity contribution in [2.24, 2.45) is 0 Å². The highest BCUT2D eigenvalue weighted by atomic mass is 16.2. The van der Waals surface area contributed by atoms with Gasteiger partial charge in [0, 0.05) is 44.2 Å². The van der Waals surface area contributed by atoms with Crippen molar-refractivity contribution >= 4 is 11.8 Å². The number of hydrogen-bond acceptors (Lipinski definition) is 3. The Balaban J connectivity index is 1.79. The molecule has 0 aromatic carbocycles. The zero-order chi connectivity index (χ0) is 17.1. The maximum Gasteiger partial charge on any atom is 0.255 e. The summed E-state index contributed by atoms with van der Waals surface area (Å²) in [4.78, 5) is 33.3. The van der Waals surface area contributed by atoms with Crippen molar-refractivity contribution in [3.05, 3.63) is 29.1 Å². The summed E-state index contributed by atoms with van der Waals surface area (Å²) >= 11 is 0. The third kappa shape index (κ3) is 3.45. The van der Waals surface area contributed by atoms with Gasteiger partial charge in [0.15, 0.2) is 0 Å². The quantitative estimate of drug-likeness (QED) is 0.857. The first-order chi connectivity index (χ1) is 11.6. The number of aryl methyl sites for hydroxylation is 1. The molecule has 0 bridgehead atoms. The van der Waals surface area contributed by atoms with E-state index in [1.165, 1.54) is 0 Å². The maximum atomic E-state index is 12.9. The number of likely N-dealkylation sites (tertiary alicyclic amines) is 2. The topological polar surface area (TPSA) is 53.5 Å². The monoisotopic (exact) mass is 329 g/mol. The van der Waals surface area contributed by atoms with Gasteiger partial charge in [-0.25, -0.2) is 0 Å². The Morgan fingerprint density at radius 3 is 2.38 bits per heavy atom. The number of hydrogen-bond donors (Lipinski definition) is 0. The third-order valence-electron chi connectivity index (χ3n) is 5.22. The van der Waals surface area contributed by atoms with E-state index in [1.807, 2.05) is 35.8 Å². The van der Waals surface area contributed by atoms with Crippen molar-refractivity contribution in [1.82, 2.24) is 14.8 Å². The molecular weight excluding hydrogens is 302 g/mol. The predicted molar refractivity (Wildman–Crippen MR) is 93.0 cm³/mol. The van der Waals surface area contributed by atoms with Crippen LogP contribution in [0.1, 0.15) is 66.7 Å². The minimum atomic E-state index is 0.127. The van der Waals surface area contributed by atoms with Crippen molar-refractivity contribution < 1.29 is 9.59 Å². The van der Waals surface area contributed by atoms with Crippen molar-refractivity contribution in [2.45, 2.75) is 51.9 Å². The van der Waals surface area contributed by atoms with E-state index in [0.29, 0.717) is 6.42 Å². The highest BCUT2D eigenvalue weighted by molar-refractivity contribution is 5.95. The lowest BCUT2D eigenvalue weighted by atomic mass is 9.89. The zero-order valence-corrected chi connectivity index (χ0v) is 14.8. The lowest BCUT2D eigenvalue weighted by Crippen LogP contribution is -2.38. The van der Waals surface area contributed by atoms with Crippen LogP contribution in [0.15, 0.2) is 12.1 Å². The lowest BCUT2D eigenvalue weighted by Gasteiger charge is -2.32. The molecule has 0 unspecified atom stereocenters. The fraction of sp³-hybridized carbons (Fsp3) is 0.632. The Hall–Kier alpha value is -1.91. The molecule has 0 saturated carbocycles. The first-order valence-electron chi connectivity index (χ1n) is 9.14. The fourth-order valence-electron chi connectivity index (χ4n) is 3.79. The molecule has 2 amide bonds. The molecule has 0 N–H and O–H groups in total. The van der Waals surface area contributed by atoms with Crippen molar-refractivity contribution in [3.8, 4) is 0 Å². The molecular formula is C19H27N3O2. The molecule has 0 aliphatic carbocycles. The second kappa shape index (κ2) is 7.32. The number of pyridine rings is 1. The molecule has 5 heteroatoms. The summed E-state index contributed by atoms with van der Waals surface area (Å²) in [6, 6.07) is 3.88.